The molecule has 10 heteroatoms. The number of amides is 2. The van der Waals surface area contributed by atoms with Gasteiger partial charge in [0.1, 0.15) is 30.0 Å². The number of anilines is 1. The quantitative estimate of drug-likeness (QED) is 0.515. The Bertz CT molecular complexity index is 1230. The van der Waals surface area contributed by atoms with Gasteiger partial charge in [0.2, 0.25) is 0 Å². The molecule has 0 aromatic heterocycles. The lowest BCUT2D eigenvalue weighted by Crippen LogP contribution is -2.69. The SMILES string of the molecule is COc1ccc(N2C(=O)[C@@H](N3C(=O)O[C@H]([C@H]4COC(C)(C)O4)[C@H]3[C@H]3COC(C)(C)O3)[C@@H]2c2ccccc2)cc1. The molecular weight excluding hydrogens is 504 g/mol. The van der Waals surface area contributed by atoms with Crippen LogP contribution in [0.25, 0.3) is 0 Å². The predicted molar refractivity (Wildman–Crippen MR) is 139 cm³/mol. The van der Waals surface area contributed by atoms with Gasteiger partial charge in [0, 0.05) is 5.69 Å². The summed E-state index contributed by atoms with van der Waals surface area (Å²) in [5.41, 5.74) is 1.61. The average Bonchev–Trinajstić information content (AvgIpc) is 3.57. The van der Waals surface area contributed by atoms with E-state index in [9.17, 15) is 9.59 Å². The Morgan fingerprint density at radius 3 is 2.00 bits per heavy atom. The van der Waals surface area contributed by atoms with Gasteiger partial charge in [0.25, 0.3) is 5.91 Å². The van der Waals surface area contributed by atoms with Crippen molar-refractivity contribution in [3.8, 4) is 5.75 Å². The van der Waals surface area contributed by atoms with Gasteiger partial charge in [0.05, 0.1) is 26.4 Å². The third-order valence-electron chi connectivity index (χ3n) is 7.77. The van der Waals surface area contributed by atoms with Gasteiger partial charge < -0.3 is 33.3 Å². The number of hydrogen-bond donors (Lipinski definition) is 0. The highest BCUT2D eigenvalue weighted by molar-refractivity contribution is 6.07. The number of benzene rings is 2. The van der Waals surface area contributed by atoms with Gasteiger partial charge in [-0.05, 0) is 57.5 Å². The summed E-state index contributed by atoms with van der Waals surface area (Å²) in [6.45, 7) is 7.80. The smallest absolute Gasteiger partial charge is 0.411 e. The first kappa shape index (κ1) is 26.1. The Morgan fingerprint density at radius 2 is 1.44 bits per heavy atom. The summed E-state index contributed by atoms with van der Waals surface area (Å²) in [4.78, 5) is 30.9. The van der Waals surface area contributed by atoms with Crippen molar-refractivity contribution in [1.82, 2.24) is 4.90 Å². The molecular formula is C29H34N2O8. The minimum absolute atomic E-state index is 0.210. The van der Waals surface area contributed by atoms with E-state index in [4.69, 9.17) is 28.4 Å². The molecule has 208 valence electrons. The van der Waals surface area contributed by atoms with Crippen LogP contribution < -0.4 is 9.64 Å². The van der Waals surface area contributed by atoms with Crippen LogP contribution in [0.4, 0.5) is 10.5 Å². The highest BCUT2D eigenvalue weighted by Gasteiger charge is 2.63. The Labute approximate surface area is 227 Å². The summed E-state index contributed by atoms with van der Waals surface area (Å²) < 4.78 is 35.3. The van der Waals surface area contributed by atoms with Crippen LogP contribution >= 0.6 is 0 Å². The van der Waals surface area contributed by atoms with Gasteiger partial charge in [-0.3, -0.25) is 9.69 Å². The topological polar surface area (TPSA) is 96.0 Å². The fourth-order valence-corrected chi connectivity index (χ4v) is 6.03. The van der Waals surface area contributed by atoms with Crippen LogP contribution in [0.5, 0.6) is 5.75 Å². The van der Waals surface area contributed by atoms with Crippen LogP contribution in [0.3, 0.4) is 0 Å². The molecule has 4 aliphatic heterocycles. The van der Waals surface area contributed by atoms with Crippen molar-refractivity contribution >= 4 is 17.7 Å². The van der Waals surface area contributed by atoms with E-state index in [0.29, 0.717) is 11.4 Å². The second-order valence-electron chi connectivity index (χ2n) is 11.2. The Hall–Kier alpha value is -3.18. The first-order valence-corrected chi connectivity index (χ1v) is 13.2. The van der Waals surface area contributed by atoms with E-state index in [1.807, 2.05) is 82.3 Å². The van der Waals surface area contributed by atoms with E-state index >= 15 is 0 Å². The van der Waals surface area contributed by atoms with E-state index in [1.54, 1.807) is 16.9 Å². The molecule has 0 spiro atoms. The maximum atomic E-state index is 14.0. The van der Waals surface area contributed by atoms with Crippen LogP contribution in [0.15, 0.2) is 54.6 Å². The Balaban J connectivity index is 1.38. The number of hydrogen-bond acceptors (Lipinski definition) is 8. The molecule has 0 aliphatic carbocycles. The average molecular weight is 539 g/mol. The van der Waals surface area contributed by atoms with Gasteiger partial charge >= 0.3 is 6.09 Å². The molecule has 2 aromatic rings. The Kier molecular flexibility index (Phi) is 6.33. The lowest BCUT2D eigenvalue weighted by molar-refractivity contribution is -0.163. The summed E-state index contributed by atoms with van der Waals surface area (Å²) in [6.07, 6.45) is -2.33. The number of carbonyl (C=O) groups excluding carboxylic acids is 2. The third kappa shape index (κ3) is 4.55. The third-order valence-corrected chi connectivity index (χ3v) is 7.77. The van der Waals surface area contributed by atoms with Crippen molar-refractivity contribution in [3.63, 3.8) is 0 Å². The number of rotatable bonds is 6. The molecule has 39 heavy (non-hydrogen) atoms. The second-order valence-corrected chi connectivity index (χ2v) is 11.2. The molecule has 4 fully saturated rings. The minimum Gasteiger partial charge on any atom is -0.497 e. The van der Waals surface area contributed by atoms with E-state index in [2.05, 4.69) is 0 Å². The van der Waals surface area contributed by atoms with E-state index in [0.717, 1.165) is 5.56 Å². The van der Waals surface area contributed by atoms with Crippen molar-refractivity contribution in [2.45, 2.75) is 75.7 Å². The maximum absolute atomic E-state index is 14.0. The van der Waals surface area contributed by atoms with Crippen LogP contribution in [0.1, 0.15) is 39.3 Å². The second kappa shape index (κ2) is 9.48. The van der Waals surface area contributed by atoms with Crippen molar-refractivity contribution in [3.05, 3.63) is 60.2 Å². The minimum atomic E-state index is -0.837. The van der Waals surface area contributed by atoms with E-state index < -0.39 is 54.1 Å². The molecule has 0 saturated carbocycles. The van der Waals surface area contributed by atoms with Gasteiger partial charge in [-0.25, -0.2) is 4.79 Å². The first-order chi connectivity index (χ1) is 18.6. The summed E-state index contributed by atoms with van der Waals surface area (Å²) in [6, 6.07) is 15.1. The summed E-state index contributed by atoms with van der Waals surface area (Å²) in [5.74, 6) is -1.17. The van der Waals surface area contributed by atoms with Crippen LogP contribution in [0, 0.1) is 0 Å². The molecule has 0 N–H and O–H groups in total. The van der Waals surface area contributed by atoms with Crippen molar-refractivity contribution in [1.29, 1.82) is 0 Å². The van der Waals surface area contributed by atoms with E-state index in [1.165, 1.54) is 0 Å². The monoisotopic (exact) mass is 538 g/mol. The number of carbonyl (C=O) groups is 2. The fourth-order valence-electron chi connectivity index (χ4n) is 6.03. The predicted octanol–water partition coefficient (Wildman–Crippen LogP) is 3.64. The molecule has 4 saturated heterocycles. The summed E-state index contributed by atoms with van der Waals surface area (Å²) in [5, 5.41) is 0. The molecule has 4 heterocycles. The molecule has 4 aliphatic rings. The molecule has 6 atom stereocenters. The van der Waals surface area contributed by atoms with Gasteiger partial charge in [0.15, 0.2) is 17.7 Å². The largest absolute Gasteiger partial charge is 0.497 e. The van der Waals surface area contributed by atoms with Gasteiger partial charge in [-0.1, -0.05) is 30.3 Å². The molecule has 10 nitrogen and oxygen atoms in total. The zero-order valence-electron chi connectivity index (χ0n) is 22.7. The van der Waals surface area contributed by atoms with Crippen molar-refractivity contribution < 1.29 is 38.0 Å². The zero-order chi connectivity index (χ0) is 27.5. The lowest BCUT2D eigenvalue weighted by Gasteiger charge is -2.51. The summed E-state index contributed by atoms with van der Waals surface area (Å²) in [7, 11) is 1.60. The number of nitrogens with zero attached hydrogens (tertiary/aromatic N) is 2. The highest BCUT2D eigenvalue weighted by Crippen LogP contribution is 2.47. The zero-order valence-corrected chi connectivity index (χ0v) is 22.7. The van der Waals surface area contributed by atoms with E-state index in [-0.39, 0.29) is 19.1 Å². The summed E-state index contributed by atoms with van der Waals surface area (Å²) >= 11 is 0. The molecule has 0 radical (unpaired) electrons. The fraction of sp³-hybridized carbons (Fsp3) is 0.517. The van der Waals surface area contributed by atoms with Crippen LogP contribution in [0.2, 0.25) is 0 Å². The van der Waals surface area contributed by atoms with Crippen molar-refractivity contribution in [2.24, 2.45) is 0 Å². The number of β-lactam (4-membered cyclic amide) rings is 1. The van der Waals surface area contributed by atoms with Crippen molar-refractivity contribution in [2.75, 3.05) is 25.2 Å². The Morgan fingerprint density at radius 1 is 0.821 bits per heavy atom. The lowest BCUT2D eigenvalue weighted by atomic mass is 9.84. The van der Waals surface area contributed by atoms with Crippen LogP contribution in [-0.4, -0.2) is 79.2 Å². The molecule has 6 rings (SSSR count). The number of methoxy groups -OCH3 is 1. The molecule has 2 amide bonds. The molecule has 0 bridgehead atoms. The highest BCUT2D eigenvalue weighted by atomic mass is 16.8. The standard InChI is InChI=1S/C29H34N2O8/c1-28(2)35-15-20(38-28)23-25(21-16-36-29(3,4)39-21)37-27(33)31(23)24-22(17-9-7-6-8-10-17)30(26(24)32)18-11-13-19(34-5)14-12-18/h6-14,20-25H,15-16H2,1-5H3/t20-,21-,22+,23-,24+,25-/m1/s1. The number of cyclic esters (lactones) is 1. The first-order valence-electron chi connectivity index (χ1n) is 13.2. The van der Waals surface area contributed by atoms with Gasteiger partial charge in [-0.2, -0.15) is 0 Å². The molecule has 2 aromatic carbocycles. The van der Waals surface area contributed by atoms with Gasteiger partial charge in [-0.15, -0.1) is 0 Å². The molecule has 0 unspecified atom stereocenters. The maximum Gasteiger partial charge on any atom is 0.411 e. The van der Waals surface area contributed by atoms with Crippen LogP contribution in [-0.2, 0) is 28.5 Å². The number of ether oxygens (including phenoxy) is 6. The normalized spacial score (nSPS) is 33.3.